The van der Waals surface area contributed by atoms with E-state index in [9.17, 15) is 0 Å². The summed E-state index contributed by atoms with van der Waals surface area (Å²) >= 11 is 0. The molecule has 0 saturated carbocycles. The lowest BCUT2D eigenvalue weighted by Crippen LogP contribution is -2.09. The first kappa shape index (κ1) is 15.1. The molecule has 0 radical (unpaired) electrons. The lowest BCUT2D eigenvalue weighted by Gasteiger charge is -2.14. The van der Waals surface area contributed by atoms with Gasteiger partial charge in [0.05, 0.1) is 24.0 Å². The molecule has 100 valence electrons. The molecule has 0 amide bonds. The molecule has 0 saturated heterocycles. The second-order valence-electron chi connectivity index (χ2n) is 5.41. The minimum Gasteiger partial charge on any atom is -0.385 e. The summed E-state index contributed by atoms with van der Waals surface area (Å²) in [6.07, 6.45) is 3.51. The monoisotopic (exact) mass is 255 g/mol. The average Bonchev–Trinajstić information content (AvgIpc) is 2.40. The molecule has 1 aromatic rings. The van der Waals surface area contributed by atoms with Crippen LogP contribution in [0.5, 0.6) is 0 Å². The summed E-state index contributed by atoms with van der Waals surface area (Å²) in [5, 5.41) is 20.8. The molecule has 0 aliphatic rings. The Bertz CT molecular complexity index is 460. The van der Waals surface area contributed by atoms with Gasteiger partial charge in [0.15, 0.2) is 0 Å². The molecule has 0 fully saturated rings. The molecular formula is C16H21N3. The summed E-state index contributed by atoms with van der Waals surface area (Å²) in [4.78, 5) is 0. The molecule has 1 aromatic carbocycles. The smallest absolute Gasteiger partial charge is 0.0683 e. The molecule has 0 unspecified atom stereocenters. The lowest BCUT2D eigenvalue weighted by atomic mass is 9.89. The Balaban J connectivity index is 2.23. The molecule has 0 heterocycles. The third-order valence-corrected chi connectivity index (χ3v) is 3.10. The molecule has 3 heteroatoms. The Kier molecular flexibility index (Phi) is 5.90. The van der Waals surface area contributed by atoms with Crippen LogP contribution in [-0.2, 0) is 6.42 Å². The van der Waals surface area contributed by atoms with Crippen molar-refractivity contribution in [2.75, 3.05) is 11.9 Å². The van der Waals surface area contributed by atoms with Crippen LogP contribution in [-0.4, -0.2) is 6.54 Å². The minimum absolute atomic E-state index is 0.209. The van der Waals surface area contributed by atoms with Crippen molar-refractivity contribution in [3.8, 4) is 12.1 Å². The molecule has 1 rings (SSSR count). The number of nitriles is 2. The fourth-order valence-electron chi connectivity index (χ4n) is 1.81. The maximum atomic E-state index is 8.91. The van der Waals surface area contributed by atoms with Crippen LogP contribution in [0, 0.1) is 28.1 Å². The van der Waals surface area contributed by atoms with Crippen molar-refractivity contribution < 1.29 is 0 Å². The van der Waals surface area contributed by atoms with E-state index in [1.165, 1.54) is 0 Å². The van der Waals surface area contributed by atoms with Gasteiger partial charge in [-0.2, -0.15) is 10.5 Å². The van der Waals surface area contributed by atoms with E-state index in [1.807, 2.05) is 38.1 Å². The van der Waals surface area contributed by atoms with Gasteiger partial charge in [0.2, 0.25) is 0 Å². The van der Waals surface area contributed by atoms with Crippen LogP contribution < -0.4 is 5.32 Å². The normalized spacial score (nSPS) is 10.5. The van der Waals surface area contributed by atoms with Crippen molar-refractivity contribution in [3.63, 3.8) is 0 Å². The highest BCUT2D eigenvalue weighted by molar-refractivity contribution is 5.44. The second-order valence-corrected chi connectivity index (χ2v) is 5.41. The van der Waals surface area contributed by atoms with Crippen molar-refractivity contribution in [1.82, 2.24) is 0 Å². The highest BCUT2D eigenvalue weighted by Gasteiger charge is 2.15. The highest BCUT2D eigenvalue weighted by Crippen LogP contribution is 2.21. The highest BCUT2D eigenvalue weighted by atomic mass is 14.9. The van der Waals surface area contributed by atoms with E-state index in [4.69, 9.17) is 10.5 Å². The Morgan fingerprint density at radius 3 is 2.37 bits per heavy atom. The summed E-state index contributed by atoms with van der Waals surface area (Å²) in [7, 11) is 0. The summed E-state index contributed by atoms with van der Waals surface area (Å²) in [5.41, 5.74) is 1.92. The number of rotatable bonds is 7. The fourth-order valence-corrected chi connectivity index (χ4v) is 1.81. The molecule has 19 heavy (non-hydrogen) atoms. The van der Waals surface area contributed by atoms with Gasteiger partial charge < -0.3 is 5.32 Å². The Morgan fingerprint density at radius 1 is 1.11 bits per heavy atom. The van der Waals surface area contributed by atoms with Crippen molar-refractivity contribution in [2.24, 2.45) is 5.41 Å². The van der Waals surface area contributed by atoms with Crippen molar-refractivity contribution >= 4 is 5.69 Å². The van der Waals surface area contributed by atoms with Crippen LogP contribution >= 0.6 is 0 Å². The quantitative estimate of drug-likeness (QED) is 0.752. The van der Waals surface area contributed by atoms with Gasteiger partial charge in [-0.1, -0.05) is 18.6 Å². The SMILES string of the molecule is CC(C)(C#N)CCCCNc1ccc(CC#N)cc1. The number of anilines is 1. The Morgan fingerprint density at radius 2 is 1.79 bits per heavy atom. The first-order valence-electron chi connectivity index (χ1n) is 6.68. The van der Waals surface area contributed by atoms with Crippen LogP contribution in [0.3, 0.4) is 0 Å². The van der Waals surface area contributed by atoms with E-state index in [1.54, 1.807) is 0 Å². The second kappa shape index (κ2) is 7.44. The predicted octanol–water partition coefficient (Wildman–Crippen LogP) is 3.88. The fraction of sp³-hybridized carbons (Fsp3) is 0.500. The zero-order valence-electron chi connectivity index (χ0n) is 11.7. The molecule has 0 atom stereocenters. The zero-order valence-corrected chi connectivity index (χ0v) is 11.7. The van der Waals surface area contributed by atoms with Crippen LogP contribution in [0.1, 0.15) is 38.7 Å². The largest absolute Gasteiger partial charge is 0.385 e. The van der Waals surface area contributed by atoms with Crippen LogP contribution in [0.25, 0.3) is 0 Å². The van der Waals surface area contributed by atoms with Gasteiger partial charge in [-0.25, -0.2) is 0 Å². The maximum Gasteiger partial charge on any atom is 0.0683 e. The van der Waals surface area contributed by atoms with Gasteiger partial charge in [-0.05, 0) is 44.4 Å². The molecule has 0 aliphatic carbocycles. The van der Waals surface area contributed by atoms with Gasteiger partial charge in [0.1, 0.15) is 0 Å². The molecule has 0 spiro atoms. The molecular weight excluding hydrogens is 234 g/mol. The van der Waals surface area contributed by atoms with Crippen molar-refractivity contribution in [3.05, 3.63) is 29.8 Å². The average molecular weight is 255 g/mol. The number of nitrogens with zero attached hydrogens (tertiary/aromatic N) is 2. The van der Waals surface area contributed by atoms with Gasteiger partial charge in [-0.15, -0.1) is 0 Å². The van der Waals surface area contributed by atoms with E-state index >= 15 is 0 Å². The van der Waals surface area contributed by atoms with Crippen molar-refractivity contribution in [1.29, 1.82) is 10.5 Å². The molecule has 3 nitrogen and oxygen atoms in total. The minimum atomic E-state index is -0.209. The number of hydrogen-bond acceptors (Lipinski definition) is 3. The van der Waals surface area contributed by atoms with Gasteiger partial charge in [-0.3, -0.25) is 0 Å². The maximum absolute atomic E-state index is 8.91. The Hall–Kier alpha value is -2.00. The van der Waals surface area contributed by atoms with Crippen LogP contribution in [0.4, 0.5) is 5.69 Å². The van der Waals surface area contributed by atoms with E-state index in [0.29, 0.717) is 6.42 Å². The zero-order chi connectivity index (χ0) is 14.1. The van der Waals surface area contributed by atoms with Crippen LogP contribution in [0.2, 0.25) is 0 Å². The summed E-state index contributed by atoms with van der Waals surface area (Å²) in [6, 6.07) is 12.4. The number of benzene rings is 1. The third-order valence-electron chi connectivity index (χ3n) is 3.10. The number of hydrogen-bond donors (Lipinski definition) is 1. The van der Waals surface area contributed by atoms with E-state index in [0.717, 1.165) is 37.1 Å². The molecule has 0 aromatic heterocycles. The third kappa shape index (κ3) is 5.93. The number of unbranched alkanes of at least 4 members (excludes halogenated alkanes) is 1. The topological polar surface area (TPSA) is 59.6 Å². The molecule has 0 bridgehead atoms. The van der Waals surface area contributed by atoms with Gasteiger partial charge in [0.25, 0.3) is 0 Å². The van der Waals surface area contributed by atoms with E-state index in [2.05, 4.69) is 17.5 Å². The first-order chi connectivity index (χ1) is 9.07. The Labute approximate surface area is 115 Å². The molecule has 0 aliphatic heterocycles. The summed E-state index contributed by atoms with van der Waals surface area (Å²) in [5.74, 6) is 0. The van der Waals surface area contributed by atoms with Gasteiger partial charge >= 0.3 is 0 Å². The number of nitrogens with one attached hydrogen (secondary N) is 1. The predicted molar refractivity (Wildman–Crippen MR) is 77.5 cm³/mol. The summed E-state index contributed by atoms with van der Waals surface area (Å²) < 4.78 is 0. The lowest BCUT2D eigenvalue weighted by molar-refractivity contribution is 0.430. The molecule has 1 N–H and O–H groups in total. The van der Waals surface area contributed by atoms with Crippen LogP contribution in [0.15, 0.2) is 24.3 Å². The van der Waals surface area contributed by atoms with Crippen molar-refractivity contribution in [2.45, 2.75) is 39.5 Å². The summed E-state index contributed by atoms with van der Waals surface area (Å²) in [6.45, 7) is 4.88. The van der Waals surface area contributed by atoms with E-state index < -0.39 is 0 Å². The first-order valence-corrected chi connectivity index (χ1v) is 6.68. The van der Waals surface area contributed by atoms with Gasteiger partial charge in [0, 0.05) is 12.2 Å². The standard InChI is InChI=1S/C16H21N3/c1-16(2,13-18)10-3-4-12-19-15-7-5-14(6-8-15)9-11-17/h5-8,19H,3-4,9-10,12H2,1-2H3. The van der Waals surface area contributed by atoms with E-state index in [-0.39, 0.29) is 5.41 Å².